The fraction of sp³-hybridized carbons (Fsp3) is 0.214. The standard InChI is InChI=1S/C28H20Cl2FN5O3/c1-11-14(26(37)39-3)7-9-36-23-12(2)21-18(22(23)34-25(11)36)19(15-6-8-32-24(30)20(15)31)28(35-21)16-5-4-13(29)10-17(16)33-27(28)38/h4-10,18-19,21,35H,2H2,1,3H3,(H,33,38)/t18-,19-,21-,28+/m0/s1. The summed E-state index contributed by atoms with van der Waals surface area (Å²) in [6.45, 7) is 6.18. The van der Waals surface area contributed by atoms with Gasteiger partial charge in [-0.15, -0.1) is 0 Å². The quantitative estimate of drug-likeness (QED) is 0.263. The van der Waals surface area contributed by atoms with Crippen molar-refractivity contribution < 1.29 is 18.7 Å². The first-order chi connectivity index (χ1) is 18.7. The fourth-order valence-electron chi connectivity index (χ4n) is 6.65. The Morgan fingerprint density at radius 2 is 2.05 bits per heavy atom. The van der Waals surface area contributed by atoms with E-state index in [1.54, 1.807) is 43.5 Å². The molecule has 7 rings (SSSR count). The number of carbonyl (C=O) groups excluding carboxylic acids is 2. The zero-order chi connectivity index (χ0) is 27.4. The lowest BCUT2D eigenvalue weighted by Gasteiger charge is -2.32. The minimum atomic E-state index is -1.36. The number of anilines is 1. The van der Waals surface area contributed by atoms with Crippen LogP contribution in [0.3, 0.4) is 0 Å². The normalized spacial score (nSPS) is 24.7. The predicted octanol–water partition coefficient (Wildman–Crippen LogP) is 4.98. The molecule has 2 aliphatic heterocycles. The molecule has 1 spiro atoms. The van der Waals surface area contributed by atoms with E-state index in [0.717, 1.165) is 5.69 Å². The van der Waals surface area contributed by atoms with Crippen LogP contribution in [0.5, 0.6) is 0 Å². The summed E-state index contributed by atoms with van der Waals surface area (Å²) in [6.07, 6.45) is 3.18. The van der Waals surface area contributed by atoms with Gasteiger partial charge in [-0.05, 0) is 42.3 Å². The Balaban J connectivity index is 1.51. The molecule has 11 heteroatoms. The first-order valence-electron chi connectivity index (χ1n) is 12.2. The van der Waals surface area contributed by atoms with Gasteiger partial charge in [0.15, 0.2) is 11.0 Å². The number of methoxy groups -OCH3 is 1. The lowest BCUT2D eigenvalue weighted by Crippen LogP contribution is -2.49. The molecule has 2 N–H and O–H groups in total. The minimum Gasteiger partial charge on any atom is -0.465 e. The minimum absolute atomic E-state index is 0.234. The van der Waals surface area contributed by atoms with Crippen LogP contribution in [-0.2, 0) is 15.1 Å². The molecule has 196 valence electrons. The van der Waals surface area contributed by atoms with Crippen LogP contribution in [-0.4, -0.2) is 39.4 Å². The molecule has 3 aliphatic rings. The molecule has 0 saturated carbocycles. The Hall–Kier alpha value is -3.79. The second-order valence-electron chi connectivity index (χ2n) is 9.99. The number of amides is 1. The maximum absolute atomic E-state index is 15.8. The van der Waals surface area contributed by atoms with Crippen molar-refractivity contribution in [2.45, 2.75) is 30.3 Å². The third-order valence-electron chi connectivity index (χ3n) is 8.26. The van der Waals surface area contributed by atoms with Gasteiger partial charge in [0, 0.05) is 52.1 Å². The van der Waals surface area contributed by atoms with Gasteiger partial charge in [0.05, 0.1) is 24.1 Å². The molecule has 0 bridgehead atoms. The average molecular weight is 564 g/mol. The first-order valence-corrected chi connectivity index (χ1v) is 12.9. The second-order valence-corrected chi connectivity index (χ2v) is 10.8. The summed E-state index contributed by atoms with van der Waals surface area (Å²) in [5, 5.41) is 6.64. The number of aryl methyl sites for hydroxylation is 1. The predicted molar refractivity (Wildman–Crippen MR) is 144 cm³/mol. The van der Waals surface area contributed by atoms with Gasteiger partial charge in [0.2, 0.25) is 5.91 Å². The molecule has 8 nitrogen and oxygen atoms in total. The Bertz CT molecular complexity index is 1800. The molecular formula is C28H20Cl2FN5O3. The summed E-state index contributed by atoms with van der Waals surface area (Å²) in [4.78, 5) is 35.1. The van der Waals surface area contributed by atoms with Crippen LogP contribution in [0.4, 0.5) is 10.1 Å². The van der Waals surface area contributed by atoms with Gasteiger partial charge in [0.25, 0.3) is 0 Å². The van der Waals surface area contributed by atoms with Gasteiger partial charge >= 0.3 is 5.97 Å². The summed E-state index contributed by atoms with van der Waals surface area (Å²) in [7, 11) is 1.32. The third-order valence-corrected chi connectivity index (χ3v) is 8.76. The van der Waals surface area contributed by atoms with Gasteiger partial charge in [-0.2, -0.15) is 0 Å². The van der Waals surface area contributed by atoms with Crippen molar-refractivity contribution in [3.63, 3.8) is 0 Å². The fourth-order valence-corrected chi connectivity index (χ4v) is 6.99. The highest BCUT2D eigenvalue weighted by molar-refractivity contribution is 6.31. The number of carbonyl (C=O) groups is 2. The lowest BCUT2D eigenvalue weighted by atomic mass is 9.71. The number of halogens is 3. The van der Waals surface area contributed by atoms with E-state index in [0.29, 0.717) is 44.3 Å². The maximum Gasteiger partial charge on any atom is 0.338 e. The van der Waals surface area contributed by atoms with Crippen molar-refractivity contribution >= 4 is 52.0 Å². The number of benzene rings is 1. The van der Waals surface area contributed by atoms with Crippen molar-refractivity contribution in [1.82, 2.24) is 19.7 Å². The van der Waals surface area contributed by atoms with Crippen LogP contribution < -0.4 is 10.6 Å². The van der Waals surface area contributed by atoms with E-state index in [1.165, 1.54) is 13.3 Å². The third kappa shape index (κ3) is 2.98. The van der Waals surface area contributed by atoms with Crippen molar-refractivity contribution in [3.05, 3.63) is 98.9 Å². The first kappa shape index (κ1) is 24.3. The molecule has 5 heterocycles. The van der Waals surface area contributed by atoms with Crippen molar-refractivity contribution in [2.24, 2.45) is 0 Å². The summed E-state index contributed by atoms with van der Waals surface area (Å²) in [6, 6.07) is 7.94. The number of pyridine rings is 2. The Labute approximate surface area is 231 Å². The summed E-state index contributed by atoms with van der Waals surface area (Å²) < 4.78 is 22.6. The molecule has 4 atom stereocenters. The number of rotatable bonds is 2. The number of ether oxygens (including phenoxy) is 1. The molecule has 0 unspecified atom stereocenters. The highest BCUT2D eigenvalue weighted by atomic mass is 35.5. The van der Waals surface area contributed by atoms with Gasteiger partial charge in [-0.25, -0.2) is 19.2 Å². The molecule has 1 fully saturated rings. The lowest BCUT2D eigenvalue weighted by molar-refractivity contribution is -0.122. The van der Waals surface area contributed by atoms with E-state index in [4.69, 9.17) is 32.9 Å². The summed E-state index contributed by atoms with van der Waals surface area (Å²) >= 11 is 12.4. The Morgan fingerprint density at radius 1 is 1.26 bits per heavy atom. The molecule has 1 aliphatic carbocycles. The highest BCUT2D eigenvalue weighted by Gasteiger charge is 2.66. The van der Waals surface area contributed by atoms with E-state index < -0.39 is 35.2 Å². The second kappa shape index (κ2) is 8.11. The van der Waals surface area contributed by atoms with Gasteiger partial charge in [0.1, 0.15) is 11.2 Å². The Kier molecular flexibility index (Phi) is 5.05. The molecule has 39 heavy (non-hydrogen) atoms. The molecule has 1 aromatic carbocycles. The summed E-state index contributed by atoms with van der Waals surface area (Å²) in [5.74, 6) is -2.77. The molecule has 1 saturated heterocycles. The van der Waals surface area contributed by atoms with E-state index >= 15 is 4.39 Å². The highest BCUT2D eigenvalue weighted by Crippen LogP contribution is 2.62. The average Bonchev–Trinajstić information content (AvgIpc) is 3.61. The van der Waals surface area contributed by atoms with Crippen LogP contribution in [0.1, 0.15) is 50.3 Å². The smallest absolute Gasteiger partial charge is 0.338 e. The molecule has 3 aromatic heterocycles. The molecule has 4 aromatic rings. The topological polar surface area (TPSA) is 97.6 Å². The largest absolute Gasteiger partial charge is 0.465 e. The number of fused-ring (bicyclic) bond motifs is 7. The van der Waals surface area contributed by atoms with Crippen molar-refractivity contribution in [3.8, 4) is 0 Å². The number of imidazole rings is 1. The number of hydrogen-bond donors (Lipinski definition) is 2. The number of nitrogens with zero attached hydrogens (tertiary/aromatic N) is 3. The van der Waals surface area contributed by atoms with Crippen LogP contribution in [0, 0.1) is 12.7 Å². The summed E-state index contributed by atoms with van der Waals surface area (Å²) in [5.41, 5.74) is 3.74. The van der Waals surface area contributed by atoms with Crippen molar-refractivity contribution in [1.29, 1.82) is 0 Å². The zero-order valence-corrected chi connectivity index (χ0v) is 22.2. The van der Waals surface area contributed by atoms with Gasteiger partial charge in [-0.3, -0.25) is 14.5 Å². The van der Waals surface area contributed by atoms with E-state index in [9.17, 15) is 9.59 Å². The van der Waals surface area contributed by atoms with Crippen LogP contribution >= 0.6 is 23.2 Å². The van der Waals surface area contributed by atoms with E-state index in [2.05, 4.69) is 22.2 Å². The van der Waals surface area contributed by atoms with E-state index in [1.807, 2.05) is 4.40 Å². The van der Waals surface area contributed by atoms with Crippen molar-refractivity contribution in [2.75, 3.05) is 12.4 Å². The zero-order valence-electron chi connectivity index (χ0n) is 20.7. The number of aromatic nitrogens is 3. The van der Waals surface area contributed by atoms with Gasteiger partial charge in [-0.1, -0.05) is 35.8 Å². The molecule has 1 amide bonds. The van der Waals surface area contributed by atoms with E-state index in [-0.39, 0.29) is 16.6 Å². The maximum atomic E-state index is 15.8. The molecule has 0 radical (unpaired) electrons. The molecular weight excluding hydrogens is 544 g/mol. The van der Waals surface area contributed by atoms with Crippen LogP contribution in [0.15, 0.2) is 49.3 Å². The number of nitrogens with one attached hydrogen (secondary N) is 2. The Morgan fingerprint density at radius 3 is 2.82 bits per heavy atom. The monoisotopic (exact) mass is 563 g/mol. The number of hydrogen-bond acceptors (Lipinski definition) is 6. The van der Waals surface area contributed by atoms with Crippen LogP contribution in [0.25, 0.3) is 11.2 Å². The van der Waals surface area contributed by atoms with Gasteiger partial charge < -0.3 is 10.1 Å². The van der Waals surface area contributed by atoms with Crippen LogP contribution in [0.2, 0.25) is 10.2 Å². The number of esters is 1. The SMILES string of the molecule is C=C1c2c(nc3c(C)c(C(=O)OC)ccn23)[C@@H]2[C@H]1N[C@@]1(C(=O)Nc3cc(Cl)ccc31)[C@H]2c1ccnc(Cl)c1F.